The molecule has 0 saturated heterocycles. The third-order valence-corrected chi connectivity index (χ3v) is 3.38. The summed E-state index contributed by atoms with van der Waals surface area (Å²) in [4.78, 5) is 0. The van der Waals surface area contributed by atoms with Gasteiger partial charge in [-0.1, -0.05) is 0 Å². The Morgan fingerprint density at radius 1 is 1.50 bits per heavy atom. The fraction of sp³-hybridized carbons (Fsp3) is 0.500. The zero-order chi connectivity index (χ0) is 10.8. The second kappa shape index (κ2) is 4.31. The van der Waals surface area contributed by atoms with Crippen molar-refractivity contribution in [2.24, 2.45) is 0 Å². The minimum atomic E-state index is 0.686. The molecule has 0 spiro atoms. The zero-order valence-electron chi connectivity index (χ0n) is 8.83. The summed E-state index contributed by atoms with van der Waals surface area (Å²) in [7, 11) is 0. The Labute approximate surface area is 97.5 Å². The summed E-state index contributed by atoms with van der Waals surface area (Å²) in [6.07, 6.45) is 2.57. The van der Waals surface area contributed by atoms with Gasteiger partial charge in [0.2, 0.25) is 0 Å². The van der Waals surface area contributed by atoms with E-state index in [0.29, 0.717) is 6.04 Å². The lowest BCUT2D eigenvalue weighted by Crippen LogP contribution is -2.19. The van der Waals surface area contributed by atoms with Crippen molar-refractivity contribution < 1.29 is 0 Å². The molecule has 0 bridgehead atoms. The Bertz CT molecular complexity index is 445. The lowest BCUT2D eigenvalue weighted by molar-refractivity contribution is 0.578. The van der Waals surface area contributed by atoms with Gasteiger partial charge in [-0.15, -0.1) is 5.10 Å². The first-order valence-corrected chi connectivity index (χ1v) is 6.35. The van der Waals surface area contributed by atoms with E-state index in [-0.39, 0.29) is 0 Å². The van der Waals surface area contributed by atoms with Crippen LogP contribution in [0.3, 0.4) is 0 Å². The van der Waals surface area contributed by atoms with Crippen LogP contribution in [0, 0.1) is 0 Å². The maximum absolute atomic E-state index is 4.04. The van der Waals surface area contributed by atoms with Crippen molar-refractivity contribution in [2.75, 3.05) is 0 Å². The predicted molar refractivity (Wildman–Crippen MR) is 61.1 cm³/mol. The molecule has 5 nitrogen and oxygen atoms in total. The van der Waals surface area contributed by atoms with Crippen molar-refractivity contribution in [3.05, 3.63) is 28.2 Å². The number of nitrogens with one attached hydrogen (secondary N) is 1. The summed E-state index contributed by atoms with van der Waals surface area (Å²) in [6.45, 7) is 1.53. The van der Waals surface area contributed by atoms with Crippen LogP contribution in [0.2, 0.25) is 0 Å². The normalized spacial score (nSPS) is 15.5. The number of nitrogens with zero attached hydrogens (tertiary/aromatic N) is 4. The van der Waals surface area contributed by atoms with Gasteiger partial charge in [0.1, 0.15) is 0 Å². The summed E-state index contributed by atoms with van der Waals surface area (Å²) in [5.41, 5.74) is 1.25. The highest BCUT2D eigenvalue weighted by molar-refractivity contribution is 7.07. The maximum Gasteiger partial charge on any atom is 0.165 e. The number of thiophene rings is 1. The van der Waals surface area contributed by atoms with Gasteiger partial charge in [-0.2, -0.15) is 11.3 Å². The molecule has 1 aliphatic carbocycles. The molecule has 6 heteroatoms. The highest BCUT2D eigenvalue weighted by Gasteiger charge is 2.21. The molecule has 16 heavy (non-hydrogen) atoms. The second-order valence-electron chi connectivity index (χ2n) is 4.04. The third-order valence-electron chi connectivity index (χ3n) is 2.64. The van der Waals surface area contributed by atoms with Gasteiger partial charge in [-0.3, -0.25) is 0 Å². The highest BCUT2D eigenvalue weighted by atomic mass is 32.1. The van der Waals surface area contributed by atoms with Crippen molar-refractivity contribution in [3.8, 4) is 0 Å². The molecule has 0 amide bonds. The molecule has 0 aliphatic heterocycles. The summed E-state index contributed by atoms with van der Waals surface area (Å²) in [5.74, 6) is 0.915. The summed E-state index contributed by atoms with van der Waals surface area (Å²) < 4.78 is 1.86. The van der Waals surface area contributed by atoms with Gasteiger partial charge in [-0.05, 0) is 45.7 Å². The molecule has 2 heterocycles. The van der Waals surface area contributed by atoms with Crippen molar-refractivity contribution in [2.45, 2.75) is 32.0 Å². The van der Waals surface area contributed by atoms with Gasteiger partial charge >= 0.3 is 0 Å². The first kappa shape index (κ1) is 9.92. The monoisotopic (exact) mass is 235 g/mol. The van der Waals surface area contributed by atoms with Crippen molar-refractivity contribution in [1.82, 2.24) is 25.5 Å². The second-order valence-corrected chi connectivity index (χ2v) is 4.82. The molecular formula is C10H13N5S. The number of tetrazole rings is 1. The summed E-state index contributed by atoms with van der Waals surface area (Å²) in [6, 6.07) is 2.79. The Morgan fingerprint density at radius 2 is 2.44 bits per heavy atom. The molecule has 0 radical (unpaired) electrons. The van der Waals surface area contributed by atoms with E-state index >= 15 is 0 Å². The molecule has 0 aromatic carbocycles. The molecule has 1 saturated carbocycles. The largest absolute Gasteiger partial charge is 0.307 e. The van der Waals surface area contributed by atoms with Gasteiger partial charge in [0.25, 0.3) is 0 Å². The fourth-order valence-electron chi connectivity index (χ4n) is 1.55. The maximum atomic E-state index is 4.04. The topological polar surface area (TPSA) is 55.6 Å². The number of aromatic nitrogens is 4. The third kappa shape index (κ3) is 2.28. The van der Waals surface area contributed by atoms with Gasteiger partial charge in [-0.25, -0.2) is 4.68 Å². The number of hydrogen-bond acceptors (Lipinski definition) is 5. The summed E-state index contributed by atoms with van der Waals surface area (Å²) >= 11 is 1.70. The lowest BCUT2D eigenvalue weighted by atomic mass is 10.3. The molecule has 2 aromatic rings. The van der Waals surface area contributed by atoms with E-state index in [2.05, 4.69) is 37.7 Å². The van der Waals surface area contributed by atoms with E-state index in [1.54, 1.807) is 11.3 Å². The molecular weight excluding hydrogens is 222 g/mol. The standard InChI is InChI=1S/C10H13N5S/c1-2-9(1)11-5-10-12-13-14-15(10)6-8-3-4-16-7-8/h3-4,7,9,11H,1-2,5-6H2. The van der Waals surface area contributed by atoms with E-state index in [1.807, 2.05) is 4.68 Å². The molecule has 2 aromatic heterocycles. The average molecular weight is 235 g/mol. The van der Waals surface area contributed by atoms with E-state index in [1.165, 1.54) is 18.4 Å². The smallest absolute Gasteiger partial charge is 0.165 e. The zero-order valence-corrected chi connectivity index (χ0v) is 9.65. The molecule has 84 valence electrons. The van der Waals surface area contributed by atoms with Crippen LogP contribution in [0.15, 0.2) is 16.8 Å². The molecule has 1 fully saturated rings. The highest BCUT2D eigenvalue weighted by Crippen LogP contribution is 2.19. The fourth-order valence-corrected chi connectivity index (χ4v) is 2.21. The first-order valence-electron chi connectivity index (χ1n) is 5.41. The Morgan fingerprint density at radius 3 is 3.19 bits per heavy atom. The molecule has 1 aliphatic rings. The van der Waals surface area contributed by atoms with Gasteiger partial charge < -0.3 is 5.32 Å². The van der Waals surface area contributed by atoms with Crippen LogP contribution in [0.25, 0.3) is 0 Å². The van der Waals surface area contributed by atoms with Gasteiger partial charge in [0.15, 0.2) is 5.82 Å². The van der Waals surface area contributed by atoms with Crippen LogP contribution in [0.1, 0.15) is 24.2 Å². The Hall–Kier alpha value is -1.27. The van der Waals surface area contributed by atoms with Crippen LogP contribution in [0.4, 0.5) is 0 Å². The Kier molecular flexibility index (Phi) is 2.67. The average Bonchev–Trinajstić information content (AvgIpc) is 2.79. The van der Waals surface area contributed by atoms with Crippen LogP contribution in [0.5, 0.6) is 0 Å². The van der Waals surface area contributed by atoms with Gasteiger partial charge in [0.05, 0.1) is 13.1 Å². The quantitative estimate of drug-likeness (QED) is 0.841. The number of rotatable bonds is 5. The van der Waals surface area contributed by atoms with E-state index in [0.717, 1.165) is 18.9 Å². The SMILES string of the molecule is c1cc(Cn2nnnc2CNC2CC2)cs1. The minimum absolute atomic E-state index is 0.686. The van der Waals surface area contributed by atoms with Gasteiger partial charge in [0, 0.05) is 6.04 Å². The minimum Gasteiger partial charge on any atom is -0.307 e. The van der Waals surface area contributed by atoms with Crippen molar-refractivity contribution in [1.29, 1.82) is 0 Å². The van der Waals surface area contributed by atoms with Crippen LogP contribution in [-0.2, 0) is 13.1 Å². The van der Waals surface area contributed by atoms with Crippen LogP contribution >= 0.6 is 11.3 Å². The van der Waals surface area contributed by atoms with E-state index < -0.39 is 0 Å². The van der Waals surface area contributed by atoms with E-state index in [4.69, 9.17) is 0 Å². The molecule has 1 N–H and O–H groups in total. The molecule has 0 atom stereocenters. The van der Waals surface area contributed by atoms with Crippen LogP contribution < -0.4 is 5.32 Å². The Balaban J connectivity index is 1.66. The molecule has 3 rings (SSSR count). The number of hydrogen-bond donors (Lipinski definition) is 1. The molecule has 0 unspecified atom stereocenters. The van der Waals surface area contributed by atoms with Crippen molar-refractivity contribution >= 4 is 11.3 Å². The summed E-state index contributed by atoms with van der Waals surface area (Å²) in [5, 5.41) is 19.4. The lowest BCUT2D eigenvalue weighted by Gasteiger charge is -2.03. The van der Waals surface area contributed by atoms with E-state index in [9.17, 15) is 0 Å². The van der Waals surface area contributed by atoms with Crippen molar-refractivity contribution in [3.63, 3.8) is 0 Å². The van der Waals surface area contributed by atoms with Crippen LogP contribution in [-0.4, -0.2) is 26.2 Å². The predicted octanol–water partition coefficient (Wildman–Crippen LogP) is 1.03. The first-order chi connectivity index (χ1) is 7.92.